The second-order valence-corrected chi connectivity index (χ2v) is 8.31. The molecule has 3 aliphatic heterocycles. The van der Waals surface area contributed by atoms with E-state index < -0.39 is 0 Å². The minimum Gasteiger partial charge on any atom is -0.336 e. The van der Waals surface area contributed by atoms with Gasteiger partial charge in [-0.3, -0.25) is 4.90 Å². The Morgan fingerprint density at radius 1 is 1.26 bits per heavy atom. The Labute approximate surface area is 140 Å². The molecule has 1 N–H and O–H groups in total. The van der Waals surface area contributed by atoms with Gasteiger partial charge in [0.1, 0.15) is 0 Å². The average Bonchev–Trinajstić information content (AvgIpc) is 2.54. The molecule has 0 radical (unpaired) electrons. The first-order valence-corrected chi connectivity index (χ1v) is 9.65. The number of likely N-dealkylation sites (tertiary alicyclic amines) is 1. The van der Waals surface area contributed by atoms with Gasteiger partial charge < -0.3 is 10.2 Å². The van der Waals surface area contributed by atoms with Gasteiger partial charge in [0, 0.05) is 25.2 Å². The van der Waals surface area contributed by atoms with Crippen LogP contribution in [0.4, 0.5) is 4.79 Å². The monoisotopic (exact) mass is 317 g/mol. The molecule has 4 nitrogen and oxygen atoms in total. The summed E-state index contributed by atoms with van der Waals surface area (Å²) in [6.07, 6.45) is 10.3. The fourth-order valence-corrected chi connectivity index (χ4v) is 5.53. The van der Waals surface area contributed by atoms with Crippen LogP contribution in [-0.2, 0) is 0 Å². The molecular weight excluding hydrogens is 286 g/mol. The Bertz CT molecular complexity index is 501. The summed E-state index contributed by atoms with van der Waals surface area (Å²) < 4.78 is 0. The number of rotatable bonds is 1. The lowest BCUT2D eigenvalue weighted by molar-refractivity contribution is 0.00776. The van der Waals surface area contributed by atoms with Gasteiger partial charge >= 0.3 is 6.03 Å². The number of urea groups is 1. The van der Waals surface area contributed by atoms with Gasteiger partial charge in [-0.25, -0.2) is 4.79 Å². The summed E-state index contributed by atoms with van der Waals surface area (Å²) in [4.78, 5) is 17.6. The number of fused-ring (bicyclic) bond motifs is 6. The van der Waals surface area contributed by atoms with Gasteiger partial charge in [-0.05, 0) is 64.3 Å². The van der Waals surface area contributed by atoms with Crippen LogP contribution in [0.15, 0.2) is 11.6 Å². The van der Waals surface area contributed by atoms with E-state index in [9.17, 15) is 4.79 Å². The molecule has 4 aliphatic rings. The summed E-state index contributed by atoms with van der Waals surface area (Å²) in [6, 6.07) is 1.51. The lowest BCUT2D eigenvalue weighted by atomic mass is 9.68. The molecule has 2 bridgehead atoms. The Balaban J connectivity index is 1.59. The largest absolute Gasteiger partial charge is 0.336 e. The number of amides is 2. The highest BCUT2D eigenvalue weighted by atomic mass is 16.2. The molecule has 1 aliphatic carbocycles. The maximum absolute atomic E-state index is 12.7. The van der Waals surface area contributed by atoms with Crippen molar-refractivity contribution in [2.24, 2.45) is 11.8 Å². The second kappa shape index (κ2) is 6.12. The highest BCUT2D eigenvalue weighted by Crippen LogP contribution is 2.44. The zero-order valence-electron chi connectivity index (χ0n) is 14.6. The first-order chi connectivity index (χ1) is 11.1. The van der Waals surface area contributed by atoms with Crippen molar-refractivity contribution in [2.45, 2.75) is 70.5 Å². The molecule has 3 saturated heterocycles. The third-order valence-electron chi connectivity index (χ3n) is 6.33. The highest BCUT2D eigenvalue weighted by Gasteiger charge is 2.46. The number of hydrogen-bond donors (Lipinski definition) is 1. The molecule has 3 heterocycles. The van der Waals surface area contributed by atoms with E-state index in [4.69, 9.17) is 0 Å². The Kier molecular flexibility index (Phi) is 4.12. The van der Waals surface area contributed by atoms with Crippen LogP contribution in [0.3, 0.4) is 0 Å². The summed E-state index contributed by atoms with van der Waals surface area (Å²) in [5.74, 6) is 1.39. The molecule has 4 heteroatoms. The van der Waals surface area contributed by atoms with Gasteiger partial charge in [0.25, 0.3) is 0 Å². The van der Waals surface area contributed by atoms with E-state index in [-0.39, 0.29) is 12.1 Å². The topological polar surface area (TPSA) is 35.6 Å². The van der Waals surface area contributed by atoms with Crippen LogP contribution in [-0.4, -0.2) is 53.6 Å². The van der Waals surface area contributed by atoms with Crippen LogP contribution < -0.4 is 5.32 Å². The molecule has 0 saturated carbocycles. The molecule has 0 spiro atoms. The number of nitrogens with zero attached hydrogens (tertiary/aromatic N) is 2. The van der Waals surface area contributed by atoms with E-state index in [2.05, 4.69) is 35.0 Å². The first-order valence-electron chi connectivity index (χ1n) is 9.65. The van der Waals surface area contributed by atoms with Crippen molar-refractivity contribution in [1.82, 2.24) is 15.1 Å². The van der Waals surface area contributed by atoms with Crippen molar-refractivity contribution < 1.29 is 4.79 Å². The fraction of sp³-hybridized carbons (Fsp3) is 0.842. The fourth-order valence-electron chi connectivity index (χ4n) is 5.53. The van der Waals surface area contributed by atoms with Crippen LogP contribution >= 0.6 is 0 Å². The predicted octanol–water partition coefficient (Wildman–Crippen LogP) is 3.00. The zero-order chi connectivity index (χ0) is 16.0. The molecule has 3 fully saturated rings. The van der Waals surface area contributed by atoms with Crippen LogP contribution in [0.2, 0.25) is 0 Å². The van der Waals surface area contributed by atoms with E-state index in [0.717, 1.165) is 24.9 Å². The van der Waals surface area contributed by atoms with Crippen molar-refractivity contribution in [3.8, 4) is 0 Å². The van der Waals surface area contributed by atoms with Crippen LogP contribution in [0.25, 0.3) is 0 Å². The van der Waals surface area contributed by atoms with Crippen LogP contribution in [0.5, 0.6) is 0 Å². The van der Waals surface area contributed by atoms with Gasteiger partial charge in [0.05, 0.1) is 6.04 Å². The smallest absolute Gasteiger partial charge is 0.318 e. The molecule has 2 amide bonds. The first kappa shape index (κ1) is 15.5. The molecule has 128 valence electrons. The maximum atomic E-state index is 12.7. The molecule has 4 atom stereocenters. The molecule has 4 rings (SSSR count). The Morgan fingerprint density at radius 2 is 2.13 bits per heavy atom. The summed E-state index contributed by atoms with van der Waals surface area (Å²) in [6.45, 7) is 7.49. The minimum absolute atomic E-state index is 0.148. The molecule has 0 aromatic carbocycles. The van der Waals surface area contributed by atoms with E-state index in [1.165, 1.54) is 45.2 Å². The highest BCUT2D eigenvalue weighted by molar-refractivity contribution is 5.75. The number of nitrogens with one attached hydrogen (secondary N) is 1. The van der Waals surface area contributed by atoms with Crippen LogP contribution in [0.1, 0.15) is 52.4 Å². The minimum atomic E-state index is 0.148. The molecular formula is C19H31N3O. The standard InChI is InChI=1S/C19H31N3O/c1-13(2)20-19(23)22-9-5-6-14-10-15-11-16(18(14)22)12-21-8-4-3-7-17(15)21/h10,13,15-18H,3-9,11-12H2,1-2H3,(H,20,23)/t15-,16-,17-,18+/m0/s1. The Hall–Kier alpha value is -1.03. The van der Waals surface area contributed by atoms with Crippen molar-refractivity contribution in [2.75, 3.05) is 19.6 Å². The lowest BCUT2D eigenvalue weighted by Gasteiger charge is -2.54. The summed E-state index contributed by atoms with van der Waals surface area (Å²) in [5, 5.41) is 3.12. The normalized spacial score (nSPS) is 37.0. The van der Waals surface area contributed by atoms with Crippen molar-refractivity contribution in [1.29, 1.82) is 0 Å². The summed E-state index contributed by atoms with van der Waals surface area (Å²) in [7, 11) is 0. The summed E-state index contributed by atoms with van der Waals surface area (Å²) in [5.41, 5.74) is 1.57. The quantitative estimate of drug-likeness (QED) is 0.755. The number of hydrogen-bond acceptors (Lipinski definition) is 2. The van der Waals surface area contributed by atoms with Crippen molar-refractivity contribution in [3.63, 3.8) is 0 Å². The molecule has 0 unspecified atom stereocenters. The van der Waals surface area contributed by atoms with Crippen molar-refractivity contribution >= 4 is 6.03 Å². The number of piperidine rings is 3. The van der Waals surface area contributed by atoms with E-state index in [1.54, 1.807) is 5.57 Å². The zero-order valence-corrected chi connectivity index (χ0v) is 14.6. The van der Waals surface area contributed by atoms with Gasteiger partial charge in [0.2, 0.25) is 0 Å². The van der Waals surface area contributed by atoms with Gasteiger partial charge in [-0.15, -0.1) is 0 Å². The van der Waals surface area contributed by atoms with Crippen LogP contribution in [0, 0.1) is 11.8 Å². The summed E-state index contributed by atoms with van der Waals surface area (Å²) >= 11 is 0. The Morgan fingerprint density at radius 3 is 2.96 bits per heavy atom. The van der Waals surface area contributed by atoms with Crippen molar-refractivity contribution in [3.05, 3.63) is 11.6 Å². The van der Waals surface area contributed by atoms with E-state index >= 15 is 0 Å². The number of carbonyl (C=O) groups excluding carboxylic acids is 1. The third kappa shape index (κ3) is 2.79. The lowest BCUT2D eigenvalue weighted by Crippen LogP contribution is -2.61. The average molecular weight is 317 g/mol. The molecule has 0 aromatic rings. The SMILES string of the molecule is CC(C)NC(=O)N1CCCC2=C[C@H]3C[C@@H](CN4CCCC[C@@H]34)[C@@H]21. The van der Waals surface area contributed by atoms with Gasteiger partial charge in [-0.2, -0.15) is 0 Å². The predicted molar refractivity (Wildman–Crippen MR) is 92.3 cm³/mol. The molecule has 0 aromatic heterocycles. The second-order valence-electron chi connectivity index (χ2n) is 8.31. The van der Waals surface area contributed by atoms with Gasteiger partial charge in [0.15, 0.2) is 0 Å². The van der Waals surface area contributed by atoms with E-state index in [1.807, 2.05) is 0 Å². The molecule has 23 heavy (non-hydrogen) atoms. The van der Waals surface area contributed by atoms with Gasteiger partial charge in [-0.1, -0.05) is 18.1 Å². The van der Waals surface area contributed by atoms with E-state index in [0.29, 0.717) is 12.0 Å². The number of carbonyl (C=O) groups is 1. The third-order valence-corrected chi connectivity index (χ3v) is 6.33. The maximum Gasteiger partial charge on any atom is 0.318 e.